The summed E-state index contributed by atoms with van der Waals surface area (Å²) in [6.45, 7) is 0.525. The average molecular weight is 287 g/mol. The second kappa shape index (κ2) is 8.47. The summed E-state index contributed by atoms with van der Waals surface area (Å²) in [5, 5.41) is 8.76. The number of carbonyl (C=O) groups excluding carboxylic acids is 1. The van der Waals surface area contributed by atoms with Gasteiger partial charge in [-0.15, -0.1) is 0 Å². The number of halogens is 2. The van der Waals surface area contributed by atoms with Gasteiger partial charge in [0.1, 0.15) is 5.75 Å². The molecule has 0 aliphatic carbocycles. The number of alkyl halides is 2. The van der Waals surface area contributed by atoms with Gasteiger partial charge in [-0.2, -0.15) is 0 Å². The van der Waals surface area contributed by atoms with Crippen molar-refractivity contribution in [2.45, 2.75) is 19.8 Å². The van der Waals surface area contributed by atoms with Crippen molar-refractivity contribution in [1.82, 2.24) is 4.90 Å². The predicted octanol–water partition coefficient (Wildman–Crippen LogP) is 1.71. The van der Waals surface area contributed by atoms with Crippen LogP contribution in [0.5, 0.6) is 5.75 Å². The number of aryl methyl sites for hydroxylation is 1. The highest BCUT2D eigenvalue weighted by molar-refractivity contribution is 5.77. The molecule has 0 aromatic heterocycles. The summed E-state index contributed by atoms with van der Waals surface area (Å²) in [6, 6.07) is 7.22. The average Bonchev–Trinajstić information content (AvgIpc) is 2.44. The fourth-order valence-corrected chi connectivity index (χ4v) is 1.66. The molecule has 1 aromatic carbocycles. The lowest BCUT2D eigenvalue weighted by atomic mass is 10.2. The minimum Gasteiger partial charge on any atom is -0.484 e. The summed E-state index contributed by atoms with van der Waals surface area (Å²) in [4.78, 5) is 12.6. The zero-order chi connectivity index (χ0) is 15.0. The Morgan fingerprint density at radius 3 is 2.50 bits per heavy atom. The molecular weight excluding hydrogens is 268 g/mol. The third-order valence-corrected chi connectivity index (χ3v) is 2.77. The number of ether oxygens (including phenoxy) is 1. The quantitative estimate of drug-likeness (QED) is 0.792. The van der Waals surface area contributed by atoms with Gasteiger partial charge >= 0.3 is 0 Å². The highest BCUT2D eigenvalue weighted by Gasteiger charge is 2.18. The fourth-order valence-electron chi connectivity index (χ4n) is 1.66. The number of carbonyl (C=O) groups is 1. The molecule has 0 saturated carbocycles. The SMILES string of the molecule is CCc1ccc(OCC(=O)N(CCO)CC(F)F)cc1. The van der Waals surface area contributed by atoms with E-state index in [4.69, 9.17) is 9.84 Å². The van der Waals surface area contributed by atoms with Gasteiger partial charge in [0.2, 0.25) is 0 Å². The van der Waals surface area contributed by atoms with Crippen LogP contribution in [0.15, 0.2) is 24.3 Å². The van der Waals surface area contributed by atoms with Gasteiger partial charge in [0, 0.05) is 6.54 Å². The molecule has 0 radical (unpaired) electrons. The molecule has 1 N–H and O–H groups in total. The monoisotopic (exact) mass is 287 g/mol. The summed E-state index contributed by atoms with van der Waals surface area (Å²) in [7, 11) is 0. The minimum atomic E-state index is -2.63. The third-order valence-electron chi connectivity index (χ3n) is 2.77. The first-order chi connectivity index (χ1) is 9.56. The van der Waals surface area contributed by atoms with Crippen molar-refractivity contribution in [2.24, 2.45) is 0 Å². The van der Waals surface area contributed by atoms with Crippen molar-refractivity contribution in [2.75, 3.05) is 26.3 Å². The van der Waals surface area contributed by atoms with Gasteiger partial charge in [0.25, 0.3) is 12.3 Å². The fraction of sp³-hybridized carbons (Fsp3) is 0.500. The molecule has 0 atom stereocenters. The topological polar surface area (TPSA) is 49.8 Å². The van der Waals surface area contributed by atoms with E-state index in [1.165, 1.54) is 0 Å². The van der Waals surface area contributed by atoms with Crippen molar-refractivity contribution in [1.29, 1.82) is 0 Å². The highest BCUT2D eigenvalue weighted by Crippen LogP contribution is 2.12. The van der Waals surface area contributed by atoms with Crippen molar-refractivity contribution >= 4 is 5.91 Å². The maximum Gasteiger partial charge on any atom is 0.260 e. The van der Waals surface area contributed by atoms with Crippen LogP contribution < -0.4 is 4.74 Å². The third kappa shape index (κ3) is 5.52. The first-order valence-electron chi connectivity index (χ1n) is 6.45. The van der Waals surface area contributed by atoms with E-state index in [1.54, 1.807) is 12.1 Å². The molecule has 1 rings (SSSR count). The smallest absolute Gasteiger partial charge is 0.260 e. The number of benzene rings is 1. The lowest BCUT2D eigenvalue weighted by Gasteiger charge is -2.21. The molecule has 0 unspecified atom stereocenters. The lowest BCUT2D eigenvalue weighted by Crippen LogP contribution is -2.40. The van der Waals surface area contributed by atoms with Gasteiger partial charge in [0.05, 0.1) is 13.2 Å². The predicted molar refractivity (Wildman–Crippen MR) is 71.0 cm³/mol. The van der Waals surface area contributed by atoms with Gasteiger partial charge in [-0.3, -0.25) is 4.79 Å². The molecule has 0 aliphatic heterocycles. The maximum atomic E-state index is 12.3. The Morgan fingerprint density at radius 2 is 2.00 bits per heavy atom. The Morgan fingerprint density at radius 1 is 1.35 bits per heavy atom. The van der Waals surface area contributed by atoms with Gasteiger partial charge in [-0.05, 0) is 24.1 Å². The largest absolute Gasteiger partial charge is 0.484 e. The van der Waals surface area contributed by atoms with E-state index >= 15 is 0 Å². The summed E-state index contributed by atoms with van der Waals surface area (Å²) < 4.78 is 29.9. The van der Waals surface area contributed by atoms with E-state index in [0.717, 1.165) is 16.9 Å². The minimum absolute atomic E-state index is 0.124. The number of hydrogen-bond donors (Lipinski definition) is 1. The molecule has 0 fully saturated rings. The molecule has 20 heavy (non-hydrogen) atoms. The molecule has 4 nitrogen and oxygen atoms in total. The van der Waals surface area contributed by atoms with E-state index in [1.807, 2.05) is 19.1 Å². The molecule has 6 heteroatoms. The van der Waals surface area contributed by atoms with Crippen LogP contribution in [0.4, 0.5) is 8.78 Å². The summed E-state index contributed by atoms with van der Waals surface area (Å²) in [5.41, 5.74) is 1.14. The van der Waals surface area contributed by atoms with Gasteiger partial charge in [-0.25, -0.2) is 8.78 Å². The van der Waals surface area contributed by atoms with E-state index in [2.05, 4.69) is 0 Å². The Balaban J connectivity index is 2.50. The molecule has 0 spiro atoms. The lowest BCUT2D eigenvalue weighted by molar-refractivity contribution is -0.135. The maximum absolute atomic E-state index is 12.3. The van der Waals surface area contributed by atoms with Gasteiger partial charge < -0.3 is 14.7 Å². The van der Waals surface area contributed by atoms with Crippen LogP contribution in [0, 0.1) is 0 Å². The number of hydrogen-bond acceptors (Lipinski definition) is 3. The molecule has 0 heterocycles. The molecule has 112 valence electrons. The van der Waals surface area contributed by atoms with Crippen LogP contribution in [-0.4, -0.2) is 48.6 Å². The standard InChI is InChI=1S/C14H19F2NO3/c1-2-11-3-5-12(6-4-11)20-10-14(19)17(7-8-18)9-13(15)16/h3-6,13,18H,2,7-10H2,1H3. The van der Waals surface area contributed by atoms with E-state index in [-0.39, 0.29) is 19.8 Å². The number of nitrogens with zero attached hydrogens (tertiary/aromatic N) is 1. The summed E-state index contributed by atoms with van der Waals surface area (Å²) >= 11 is 0. The van der Waals surface area contributed by atoms with Crippen molar-refractivity contribution in [3.63, 3.8) is 0 Å². The number of aliphatic hydroxyl groups is 1. The summed E-state index contributed by atoms with van der Waals surface area (Å²) in [5.74, 6) is -0.0598. The molecule has 0 bridgehead atoms. The number of aliphatic hydroxyl groups excluding tert-OH is 1. The van der Waals surface area contributed by atoms with Crippen LogP contribution in [0.2, 0.25) is 0 Å². The summed E-state index contributed by atoms with van der Waals surface area (Å²) in [6.07, 6.45) is -1.73. The van der Waals surface area contributed by atoms with Crippen LogP contribution in [0.25, 0.3) is 0 Å². The zero-order valence-corrected chi connectivity index (χ0v) is 11.4. The Kier molecular flexibility index (Phi) is 6.93. The molecular formula is C14H19F2NO3. The van der Waals surface area contributed by atoms with E-state index in [0.29, 0.717) is 5.75 Å². The Hall–Kier alpha value is -1.69. The first-order valence-corrected chi connectivity index (χ1v) is 6.45. The highest BCUT2D eigenvalue weighted by atomic mass is 19.3. The molecule has 0 aliphatic rings. The van der Waals surface area contributed by atoms with Crippen LogP contribution in [0.3, 0.4) is 0 Å². The first kappa shape index (κ1) is 16.4. The number of amides is 1. The van der Waals surface area contributed by atoms with E-state index < -0.39 is 18.9 Å². The molecule has 1 aromatic rings. The van der Waals surface area contributed by atoms with Crippen LogP contribution in [-0.2, 0) is 11.2 Å². The van der Waals surface area contributed by atoms with Crippen LogP contribution >= 0.6 is 0 Å². The Labute approximate surface area is 117 Å². The molecule has 1 amide bonds. The van der Waals surface area contributed by atoms with Crippen molar-refractivity contribution in [3.8, 4) is 5.75 Å². The normalized spacial score (nSPS) is 10.7. The van der Waals surface area contributed by atoms with Crippen LogP contribution in [0.1, 0.15) is 12.5 Å². The zero-order valence-electron chi connectivity index (χ0n) is 11.4. The molecule has 0 saturated heterocycles. The number of rotatable bonds is 8. The van der Waals surface area contributed by atoms with Gasteiger partial charge in [0.15, 0.2) is 6.61 Å². The van der Waals surface area contributed by atoms with Crippen molar-refractivity contribution < 1.29 is 23.4 Å². The van der Waals surface area contributed by atoms with Gasteiger partial charge in [-0.1, -0.05) is 19.1 Å². The van der Waals surface area contributed by atoms with E-state index in [9.17, 15) is 13.6 Å². The van der Waals surface area contributed by atoms with Crippen molar-refractivity contribution in [3.05, 3.63) is 29.8 Å². The Bertz CT molecular complexity index is 409. The second-order valence-corrected chi connectivity index (χ2v) is 4.24. The second-order valence-electron chi connectivity index (χ2n) is 4.24.